The van der Waals surface area contributed by atoms with Crippen molar-refractivity contribution in [2.24, 2.45) is 11.8 Å². The fourth-order valence-electron chi connectivity index (χ4n) is 2.38. The summed E-state index contributed by atoms with van der Waals surface area (Å²) in [5.74, 6) is 0.517. The van der Waals surface area contributed by atoms with E-state index in [-0.39, 0.29) is 24.0 Å². The van der Waals surface area contributed by atoms with Crippen LogP contribution in [0, 0.1) is 11.8 Å². The molecule has 3 heteroatoms. The highest BCUT2D eigenvalue weighted by Crippen LogP contribution is 2.37. The summed E-state index contributed by atoms with van der Waals surface area (Å²) in [6.07, 6.45) is 8.02. The van der Waals surface area contributed by atoms with Gasteiger partial charge in [0.15, 0.2) is 0 Å². The Balaban J connectivity index is 1.99. The highest BCUT2D eigenvalue weighted by molar-refractivity contribution is 5.84. The fourth-order valence-corrected chi connectivity index (χ4v) is 2.38. The zero-order valence-corrected chi connectivity index (χ0v) is 7.22. The lowest BCUT2D eigenvalue weighted by Crippen LogP contribution is -2.29. The van der Waals surface area contributed by atoms with E-state index in [2.05, 4.69) is 6.08 Å². The third kappa shape index (κ3) is 0.851. The van der Waals surface area contributed by atoms with Gasteiger partial charge < -0.3 is 9.64 Å². The average molecular weight is 177 g/mol. The van der Waals surface area contributed by atoms with Gasteiger partial charge in [-0.15, -0.1) is 0 Å². The van der Waals surface area contributed by atoms with Crippen LogP contribution in [0.1, 0.15) is 0 Å². The standard InChI is InChI=1S/C10H11NO2/c12-9-7-3-1-2-4-8(7)10-11(9)5-6-13-10/h1-4,7-8,10H,5-6H2/t7-,8+,10+/m1/s1. The number of ether oxygens (including phenoxy) is 1. The summed E-state index contributed by atoms with van der Waals surface area (Å²) in [6, 6.07) is 0. The molecule has 2 aliphatic heterocycles. The van der Waals surface area contributed by atoms with E-state index in [0.717, 1.165) is 6.54 Å². The topological polar surface area (TPSA) is 29.5 Å². The largest absolute Gasteiger partial charge is 0.356 e. The number of fused-ring (bicyclic) bond motifs is 3. The Morgan fingerprint density at radius 1 is 1.38 bits per heavy atom. The van der Waals surface area contributed by atoms with Gasteiger partial charge in [-0.2, -0.15) is 0 Å². The lowest BCUT2D eigenvalue weighted by atomic mass is 9.90. The molecule has 0 spiro atoms. The van der Waals surface area contributed by atoms with E-state index in [1.54, 1.807) is 0 Å². The quantitative estimate of drug-likeness (QED) is 0.540. The van der Waals surface area contributed by atoms with Crippen LogP contribution in [-0.2, 0) is 9.53 Å². The first-order valence-corrected chi connectivity index (χ1v) is 4.65. The Labute approximate surface area is 76.7 Å². The fraction of sp³-hybridized carbons (Fsp3) is 0.500. The second kappa shape index (κ2) is 2.45. The van der Waals surface area contributed by atoms with Crippen LogP contribution in [0.3, 0.4) is 0 Å². The molecule has 1 aliphatic carbocycles. The first-order chi connectivity index (χ1) is 6.38. The van der Waals surface area contributed by atoms with E-state index >= 15 is 0 Å². The van der Waals surface area contributed by atoms with Crippen molar-refractivity contribution in [1.29, 1.82) is 0 Å². The zero-order valence-electron chi connectivity index (χ0n) is 7.22. The van der Waals surface area contributed by atoms with E-state index in [1.165, 1.54) is 0 Å². The predicted octanol–water partition coefficient (Wildman–Crippen LogP) is 0.543. The van der Waals surface area contributed by atoms with Crippen molar-refractivity contribution in [2.75, 3.05) is 13.2 Å². The Kier molecular flexibility index (Phi) is 1.38. The smallest absolute Gasteiger partial charge is 0.232 e. The molecule has 1 amide bonds. The zero-order chi connectivity index (χ0) is 8.84. The summed E-state index contributed by atoms with van der Waals surface area (Å²) in [5, 5.41) is 0. The minimum atomic E-state index is 0.0127. The molecule has 13 heavy (non-hydrogen) atoms. The number of nitrogens with zero attached hydrogens (tertiary/aromatic N) is 1. The third-order valence-electron chi connectivity index (χ3n) is 3.00. The van der Waals surface area contributed by atoms with Crippen LogP contribution in [0.5, 0.6) is 0 Å². The highest BCUT2D eigenvalue weighted by Gasteiger charge is 2.49. The molecule has 0 aromatic rings. The highest BCUT2D eigenvalue weighted by atomic mass is 16.5. The maximum Gasteiger partial charge on any atom is 0.232 e. The van der Waals surface area contributed by atoms with Gasteiger partial charge in [0.1, 0.15) is 6.23 Å². The summed E-state index contributed by atoms with van der Waals surface area (Å²) in [7, 11) is 0. The molecule has 2 saturated heterocycles. The number of allylic oxidation sites excluding steroid dienone is 2. The Morgan fingerprint density at radius 3 is 3.15 bits per heavy atom. The predicted molar refractivity (Wildman–Crippen MR) is 46.7 cm³/mol. The van der Waals surface area contributed by atoms with Crippen molar-refractivity contribution in [2.45, 2.75) is 6.23 Å². The van der Waals surface area contributed by atoms with Crippen LogP contribution in [0.25, 0.3) is 0 Å². The summed E-state index contributed by atoms with van der Waals surface area (Å²) >= 11 is 0. The van der Waals surface area contributed by atoms with Crippen LogP contribution >= 0.6 is 0 Å². The van der Waals surface area contributed by atoms with Gasteiger partial charge in [-0.05, 0) is 0 Å². The average Bonchev–Trinajstić information content (AvgIpc) is 2.72. The number of carbonyl (C=O) groups excluding carboxylic acids is 1. The summed E-state index contributed by atoms with van der Waals surface area (Å²) < 4.78 is 5.54. The second-order valence-electron chi connectivity index (χ2n) is 3.67. The second-order valence-corrected chi connectivity index (χ2v) is 3.67. The van der Waals surface area contributed by atoms with Crippen molar-refractivity contribution in [3.8, 4) is 0 Å². The van der Waals surface area contributed by atoms with E-state index in [0.29, 0.717) is 6.61 Å². The molecule has 0 bridgehead atoms. The molecule has 3 nitrogen and oxygen atoms in total. The number of hydrogen-bond donors (Lipinski definition) is 0. The molecule has 68 valence electrons. The van der Waals surface area contributed by atoms with Crippen molar-refractivity contribution < 1.29 is 9.53 Å². The molecule has 2 fully saturated rings. The summed E-state index contributed by atoms with van der Waals surface area (Å²) in [4.78, 5) is 13.6. The maximum atomic E-state index is 11.8. The molecule has 0 radical (unpaired) electrons. The SMILES string of the molecule is O=C1[C@@H]2C=CC=C[C@@H]2[C@@H]2OCCN12. The van der Waals surface area contributed by atoms with Crippen LogP contribution in [0.4, 0.5) is 0 Å². The molecule has 3 rings (SSSR count). The maximum absolute atomic E-state index is 11.8. The molecular formula is C10H11NO2. The van der Waals surface area contributed by atoms with Crippen molar-refractivity contribution >= 4 is 5.91 Å². The Bertz CT molecular complexity index is 308. The minimum absolute atomic E-state index is 0.0127. The van der Waals surface area contributed by atoms with Gasteiger partial charge in [0.05, 0.1) is 12.5 Å². The van der Waals surface area contributed by atoms with E-state index in [9.17, 15) is 4.79 Å². The third-order valence-corrected chi connectivity index (χ3v) is 3.00. The van der Waals surface area contributed by atoms with Crippen LogP contribution in [-0.4, -0.2) is 30.2 Å². The number of carbonyl (C=O) groups is 1. The number of hydrogen-bond acceptors (Lipinski definition) is 2. The van der Waals surface area contributed by atoms with Crippen molar-refractivity contribution in [3.63, 3.8) is 0 Å². The summed E-state index contributed by atoms with van der Waals surface area (Å²) in [5.41, 5.74) is 0. The van der Waals surface area contributed by atoms with Gasteiger partial charge in [-0.25, -0.2) is 0 Å². The molecule has 2 heterocycles. The molecule has 0 aromatic heterocycles. The number of amides is 1. The van der Waals surface area contributed by atoms with Crippen LogP contribution < -0.4 is 0 Å². The molecule has 0 aromatic carbocycles. The Morgan fingerprint density at radius 2 is 2.23 bits per heavy atom. The van der Waals surface area contributed by atoms with Gasteiger partial charge in [0.25, 0.3) is 0 Å². The first-order valence-electron chi connectivity index (χ1n) is 4.65. The lowest BCUT2D eigenvalue weighted by molar-refractivity contribution is -0.131. The van der Waals surface area contributed by atoms with Crippen LogP contribution in [0.2, 0.25) is 0 Å². The van der Waals surface area contributed by atoms with E-state index < -0.39 is 0 Å². The molecular weight excluding hydrogens is 166 g/mol. The molecule has 0 N–H and O–H groups in total. The van der Waals surface area contributed by atoms with Gasteiger partial charge in [0, 0.05) is 12.5 Å². The van der Waals surface area contributed by atoms with Gasteiger partial charge in [0.2, 0.25) is 5.91 Å². The van der Waals surface area contributed by atoms with E-state index in [4.69, 9.17) is 4.74 Å². The van der Waals surface area contributed by atoms with Gasteiger partial charge >= 0.3 is 0 Å². The van der Waals surface area contributed by atoms with Crippen molar-refractivity contribution in [1.82, 2.24) is 4.90 Å². The lowest BCUT2D eigenvalue weighted by Gasteiger charge is -2.17. The minimum Gasteiger partial charge on any atom is -0.356 e. The van der Waals surface area contributed by atoms with Crippen LogP contribution in [0.15, 0.2) is 24.3 Å². The van der Waals surface area contributed by atoms with Crippen molar-refractivity contribution in [3.05, 3.63) is 24.3 Å². The summed E-state index contributed by atoms with van der Waals surface area (Å²) in [6.45, 7) is 1.45. The Hall–Kier alpha value is -1.09. The normalized spacial score (nSPS) is 41.1. The monoisotopic (exact) mass is 177 g/mol. The van der Waals surface area contributed by atoms with Gasteiger partial charge in [-0.1, -0.05) is 24.3 Å². The van der Waals surface area contributed by atoms with E-state index in [1.807, 2.05) is 23.1 Å². The van der Waals surface area contributed by atoms with Gasteiger partial charge in [-0.3, -0.25) is 4.79 Å². The molecule has 0 saturated carbocycles. The molecule has 3 aliphatic rings. The molecule has 0 unspecified atom stereocenters. The first kappa shape index (κ1) is 7.33. The molecule has 3 atom stereocenters. The number of rotatable bonds is 0.